The van der Waals surface area contributed by atoms with Gasteiger partial charge in [-0.15, -0.1) is 0 Å². The Morgan fingerprint density at radius 1 is 1.14 bits per heavy atom. The first kappa shape index (κ1) is 13.9. The predicted octanol–water partition coefficient (Wildman–Crippen LogP) is 3.49. The molecule has 0 saturated heterocycles. The molecule has 0 aliphatic heterocycles. The van der Waals surface area contributed by atoms with Crippen LogP contribution in [0.3, 0.4) is 0 Å². The van der Waals surface area contributed by atoms with Crippen molar-refractivity contribution in [2.45, 2.75) is 6.10 Å². The molecule has 0 amide bonds. The summed E-state index contributed by atoms with van der Waals surface area (Å²) in [4.78, 5) is 3.89. The molecule has 3 nitrogen and oxygen atoms in total. The van der Waals surface area contributed by atoms with Crippen LogP contribution in [0.5, 0.6) is 0 Å². The van der Waals surface area contributed by atoms with Crippen molar-refractivity contribution in [2.75, 3.05) is 0 Å². The SMILES string of the molecule is OC(c1cc(F)c(F)c(F)c1)c1ccc2c(Cl)nccn12. The van der Waals surface area contributed by atoms with Crippen LogP contribution in [0.1, 0.15) is 17.4 Å². The van der Waals surface area contributed by atoms with Gasteiger partial charge in [-0.25, -0.2) is 18.2 Å². The van der Waals surface area contributed by atoms with Gasteiger partial charge >= 0.3 is 0 Å². The Morgan fingerprint density at radius 3 is 2.48 bits per heavy atom. The van der Waals surface area contributed by atoms with Crippen molar-refractivity contribution in [3.8, 4) is 0 Å². The highest BCUT2D eigenvalue weighted by Crippen LogP contribution is 2.28. The Morgan fingerprint density at radius 2 is 1.81 bits per heavy atom. The number of aliphatic hydroxyl groups is 1. The molecule has 21 heavy (non-hydrogen) atoms. The zero-order valence-electron chi connectivity index (χ0n) is 10.4. The summed E-state index contributed by atoms with van der Waals surface area (Å²) in [5.74, 6) is -4.28. The Kier molecular flexibility index (Phi) is 3.35. The smallest absolute Gasteiger partial charge is 0.194 e. The maximum absolute atomic E-state index is 13.3. The highest BCUT2D eigenvalue weighted by Gasteiger charge is 2.19. The molecule has 3 aromatic rings. The number of aromatic nitrogens is 2. The van der Waals surface area contributed by atoms with Crippen molar-refractivity contribution < 1.29 is 18.3 Å². The van der Waals surface area contributed by atoms with E-state index in [0.29, 0.717) is 11.2 Å². The maximum Gasteiger partial charge on any atom is 0.194 e. The van der Waals surface area contributed by atoms with Gasteiger partial charge < -0.3 is 9.51 Å². The van der Waals surface area contributed by atoms with E-state index in [1.807, 2.05) is 0 Å². The van der Waals surface area contributed by atoms with E-state index in [9.17, 15) is 18.3 Å². The van der Waals surface area contributed by atoms with Crippen LogP contribution in [-0.4, -0.2) is 14.5 Å². The number of benzene rings is 1. The molecule has 1 N–H and O–H groups in total. The van der Waals surface area contributed by atoms with Gasteiger partial charge in [-0.1, -0.05) is 11.6 Å². The molecule has 2 aromatic heterocycles. The summed E-state index contributed by atoms with van der Waals surface area (Å²) >= 11 is 5.91. The van der Waals surface area contributed by atoms with E-state index in [0.717, 1.165) is 12.1 Å². The zero-order valence-corrected chi connectivity index (χ0v) is 11.2. The molecule has 1 atom stereocenters. The molecule has 2 heterocycles. The van der Waals surface area contributed by atoms with Crippen LogP contribution in [-0.2, 0) is 0 Å². The number of fused-ring (bicyclic) bond motifs is 1. The summed E-state index contributed by atoms with van der Waals surface area (Å²) in [5.41, 5.74) is 0.773. The van der Waals surface area contributed by atoms with Crippen LogP contribution in [0.4, 0.5) is 13.2 Å². The first-order valence-corrected chi connectivity index (χ1v) is 6.31. The van der Waals surface area contributed by atoms with Crippen molar-refractivity contribution in [1.82, 2.24) is 9.38 Å². The Bertz CT molecular complexity index is 811. The van der Waals surface area contributed by atoms with Crippen LogP contribution in [0.15, 0.2) is 36.7 Å². The molecule has 0 saturated carbocycles. The first-order chi connectivity index (χ1) is 9.99. The lowest BCUT2D eigenvalue weighted by Gasteiger charge is -2.12. The molecule has 0 bridgehead atoms. The van der Waals surface area contributed by atoms with E-state index >= 15 is 0 Å². The second-order valence-corrected chi connectivity index (χ2v) is 4.79. The summed E-state index contributed by atoms with van der Waals surface area (Å²) in [7, 11) is 0. The molecule has 3 rings (SSSR count). The molecule has 0 aliphatic carbocycles. The van der Waals surface area contributed by atoms with E-state index in [-0.39, 0.29) is 10.7 Å². The highest BCUT2D eigenvalue weighted by molar-refractivity contribution is 6.32. The number of hydrogen-bond donors (Lipinski definition) is 1. The van der Waals surface area contributed by atoms with E-state index < -0.39 is 23.6 Å². The average molecular weight is 313 g/mol. The van der Waals surface area contributed by atoms with Crippen molar-refractivity contribution in [1.29, 1.82) is 0 Å². The third-order valence-corrected chi connectivity index (χ3v) is 3.46. The van der Waals surface area contributed by atoms with E-state index in [2.05, 4.69) is 4.98 Å². The van der Waals surface area contributed by atoms with Crippen LogP contribution < -0.4 is 0 Å². The maximum atomic E-state index is 13.3. The molecule has 0 radical (unpaired) electrons. The average Bonchev–Trinajstić information content (AvgIpc) is 2.89. The van der Waals surface area contributed by atoms with Crippen molar-refractivity contribution in [3.05, 3.63) is 70.5 Å². The Balaban J connectivity index is 2.13. The van der Waals surface area contributed by atoms with E-state index in [1.54, 1.807) is 22.7 Å². The molecule has 0 aliphatic rings. The van der Waals surface area contributed by atoms with Gasteiger partial charge in [-0.3, -0.25) is 0 Å². The quantitative estimate of drug-likeness (QED) is 0.736. The lowest BCUT2D eigenvalue weighted by molar-refractivity contribution is 0.213. The largest absolute Gasteiger partial charge is 0.382 e. The molecule has 0 spiro atoms. The monoisotopic (exact) mass is 312 g/mol. The molecule has 1 unspecified atom stereocenters. The second kappa shape index (κ2) is 5.05. The van der Waals surface area contributed by atoms with Crippen LogP contribution >= 0.6 is 11.6 Å². The van der Waals surface area contributed by atoms with E-state index in [1.165, 1.54) is 6.20 Å². The van der Waals surface area contributed by atoms with Crippen molar-refractivity contribution in [2.24, 2.45) is 0 Å². The normalized spacial score (nSPS) is 12.8. The van der Waals surface area contributed by atoms with Crippen LogP contribution in [0.25, 0.3) is 5.52 Å². The molecule has 7 heteroatoms. The molecule has 1 aromatic carbocycles. The fourth-order valence-corrected chi connectivity index (χ4v) is 2.37. The lowest BCUT2D eigenvalue weighted by atomic mass is 10.1. The number of hydrogen-bond acceptors (Lipinski definition) is 2. The molecular formula is C14H8ClF3N2O. The lowest BCUT2D eigenvalue weighted by Crippen LogP contribution is -2.06. The first-order valence-electron chi connectivity index (χ1n) is 5.93. The van der Waals surface area contributed by atoms with Gasteiger partial charge in [0.15, 0.2) is 22.6 Å². The van der Waals surface area contributed by atoms with Crippen molar-refractivity contribution in [3.63, 3.8) is 0 Å². The zero-order chi connectivity index (χ0) is 15.1. The van der Waals surface area contributed by atoms with E-state index in [4.69, 9.17) is 11.6 Å². The van der Waals surface area contributed by atoms with Gasteiger partial charge in [-0.05, 0) is 29.8 Å². The number of aliphatic hydroxyl groups excluding tert-OH is 1. The van der Waals surface area contributed by atoms with Gasteiger partial charge in [0, 0.05) is 12.4 Å². The Labute approximate surface area is 122 Å². The van der Waals surface area contributed by atoms with Gasteiger partial charge in [-0.2, -0.15) is 0 Å². The summed E-state index contributed by atoms with van der Waals surface area (Å²) in [6.45, 7) is 0. The van der Waals surface area contributed by atoms with Crippen molar-refractivity contribution >= 4 is 17.1 Å². The number of nitrogens with zero attached hydrogens (tertiary/aromatic N) is 2. The fraction of sp³-hybridized carbons (Fsp3) is 0.0714. The molecular weight excluding hydrogens is 305 g/mol. The van der Waals surface area contributed by atoms with Crippen LogP contribution in [0.2, 0.25) is 5.15 Å². The summed E-state index contributed by atoms with van der Waals surface area (Å²) in [6, 6.07) is 4.67. The standard InChI is InChI=1S/C14H8ClF3N2O/c15-14-11-2-1-10(20(11)4-3-19-14)13(21)7-5-8(16)12(18)9(17)6-7/h1-6,13,21H. The van der Waals surface area contributed by atoms with Gasteiger partial charge in [0.2, 0.25) is 0 Å². The van der Waals surface area contributed by atoms with Gasteiger partial charge in [0.25, 0.3) is 0 Å². The summed E-state index contributed by atoms with van der Waals surface area (Å²) in [5, 5.41) is 10.5. The van der Waals surface area contributed by atoms with Crippen LogP contribution in [0, 0.1) is 17.5 Å². The fourth-order valence-electron chi connectivity index (χ4n) is 2.16. The number of halogens is 4. The van der Waals surface area contributed by atoms with Gasteiger partial charge in [0.05, 0.1) is 11.2 Å². The second-order valence-electron chi connectivity index (χ2n) is 4.43. The third-order valence-electron chi connectivity index (χ3n) is 3.17. The topological polar surface area (TPSA) is 37.5 Å². The minimum atomic E-state index is -1.57. The molecule has 108 valence electrons. The highest BCUT2D eigenvalue weighted by atomic mass is 35.5. The third kappa shape index (κ3) is 2.26. The predicted molar refractivity (Wildman–Crippen MR) is 70.6 cm³/mol. The van der Waals surface area contributed by atoms with Gasteiger partial charge in [0.1, 0.15) is 6.10 Å². The minimum Gasteiger partial charge on any atom is -0.382 e. The minimum absolute atomic E-state index is 0.0978. The summed E-state index contributed by atoms with van der Waals surface area (Å²) < 4.78 is 41.0. The Hall–Kier alpha value is -2.05. The number of rotatable bonds is 2. The summed E-state index contributed by atoms with van der Waals surface area (Å²) in [6.07, 6.45) is 1.64. The molecule has 0 fully saturated rings.